The molecule has 2 aromatic rings. The molecule has 53 nitrogen and oxygen atoms in total. The number of fused-ring (bicyclic) bond motifs is 2. The van der Waals surface area contributed by atoms with Crippen LogP contribution in [0.3, 0.4) is 0 Å². The number of guanidine groups is 7. The first kappa shape index (κ1) is 105. The lowest BCUT2D eigenvalue weighted by Crippen LogP contribution is -2.60. The van der Waals surface area contributed by atoms with Crippen molar-refractivity contribution in [3.8, 4) is 0 Å². The molecule has 2 saturated heterocycles. The number of unbranched alkanes of at least 4 members (excludes halogenated alkanes) is 3. The van der Waals surface area contributed by atoms with Crippen LogP contribution in [0.5, 0.6) is 0 Å². The van der Waals surface area contributed by atoms with E-state index in [9.17, 15) is 62.3 Å². The van der Waals surface area contributed by atoms with Crippen LogP contribution in [0.15, 0.2) is 11.1 Å². The number of carbonyl (C=O) groups excluding carboxylic acids is 12. The molecular formula is C71H128N38O15S2. The van der Waals surface area contributed by atoms with Crippen molar-refractivity contribution >= 4 is 153 Å². The number of hydrogen-bond acceptors (Lipinski definition) is 27. The van der Waals surface area contributed by atoms with Crippen LogP contribution in [0.25, 0.3) is 11.2 Å². The van der Waals surface area contributed by atoms with Gasteiger partial charge in [-0.05, 0) is 116 Å². The van der Waals surface area contributed by atoms with Gasteiger partial charge in [-0.2, -0.15) is 16.7 Å². The summed E-state index contributed by atoms with van der Waals surface area (Å²) in [6, 6.07) is -12.1. The van der Waals surface area contributed by atoms with E-state index in [1.54, 1.807) is 0 Å². The van der Waals surface area contributed by atoms with Gasteiger partial charge >= 0.3 is 12.0 Å². The maximum Gasteiger partial charge on any atom is 0.315 e. The molecule has 0 bridgehead atoms. The van der Waals surface area contributed by atoms with Crippen molar-refractivity contribution in [3.05, 3.63) is 16.7 Å². The number of carbonyl (C=O) groups is 12. The van der Waals surface area contributed by atoms with Gasteiger partial charge in [-0.15, -0.1) is 11.8 Å². The number of imidazole rings is 1. The predicted molar refractivity (Wildman–Crippen MR) is 471 cm³/mol. The number of H-pyrrole nitrogens is 1. The minimum atomic E-state index is -1.61. The number of rotatable bonds is 64. The second-order valence-electron chi connectivity index (χ2n) is 29.5. The zero-order valence-corrected chi connectivity index (χ0v) is 72.0. The highest BCUT2D eigenvalue weighted by molar-refractivity contribution is 8.00. The number of esters is 1. The number of aromatic nitrogens is 4. The number of nitrogens with two attached hydrogens (primary N) is 9. The third kappa shape index (κ3) is 43.5. The van der Waals surface area contributed by atoms with Gasteiger partial charge < -0.3 is 157 Å². The first-order valence-corrected chi connectivity index (χ1v) is 43.4. The molecule has 2 fully saturated rings. The molecule has 126 heavy (non-hydrogen) atoms. The van der Waals surface area contributed by atoms with Crippen LogP contribution in [0.2, 0.25) is 0 Å². The van der Waals surface area contributed by atoms with Gasteiger partial charge in [0.1, 0.15) is 61.7 Å². The molecule has 0 aromatic carbocycles. The van der Waals surface area contributed by atoms with Crippen LogP contribution in [0.4, 0.5) is 10.7 Å². The first-order chi connectivity index (χ1) is 60.0. The fourth-order valence-corrected chi connectivity index (χ4v) is 15.3. The van der Waals surface area contributed by atoms with Crippen molar-refractivity contribution in [1.82, 2.24) is 115 Å². The second kappa shape index (κ2) is 58.3. The maximum atomic E-state index is 15.0. The Bertz CT molecular complexity index is 4070. The summed E-state index contributed by atoms with van der Waals surface area (Å²) in [5, 5.41) is 103. The second-order valence-corrected chi connectivity index (χ2v) is 31.8. The first-order valence-electron chi connectivity index (χ1n) is 41.2. The molecule has 4 heterocycles. The van der Waals surface area contributed by atoms with E-state index < -0.39 is 149 Å². The number of nitrogen functional groups attached to an aromatic ring is 1. The number of ether oxygens (including phenoxy) is 2. The quantitative estimate of drug-likeness (QED) is 0.00961. The minimum absolute atomic E-state index is 0.0000369. The van der Waals surface area contributed by atoms with Gasteiger partial charge in [-0.25, -0.2) is 9.78 Å². The van der Waals surface area contributed by atoms with Crippen molar-refractivity contribution in [3.63, 3.8) is 0 Å². The van der Waals surface area contributed by atoms with E-state index in [1.807, 2.05) is 11.8 Å². The third-order valence-corrected chi connectivity index (χ3v) is 21.7. The van der Waals surface area contributed by atoms with Crippen LogP contribution in [0.1, 0.15) is 141 Å². The SMILES string of the molecule is N=C(N)NCCCC(NC(=O)C(CCCNC(=N)N)NC(=O)[C@H](CCCNC(=N)N)NC(=O)[C@H](CCCNC(=N)N)NC(=O)CCCCCNC(=O)CCCC[C@H]1SC[C@@H]2NC(=O)N[C@@H]21)C(=O)NC(CCCNC(=N)N)C(=O)N[C@@H](CCCNC(=N)N)C(=O)N[C@@H](CCCNC(=N)N)C(=O)N[C@@H](CSCC(=O)OCCOCn1cnc2c(=O)[nH]c(N)nc21)C(N)=O. The van der Waals surface area contributed by atoms with E-state index in [0.717, 1.165) is 30.4 Å². The Morgan fingerprint density at radius 1 is 0.460 bits per heavy atom. The summed E-state index contributed by atoms with van der Waals surface area (Å²) in [5.41, 5.74) is 50.0. The summed E-state index contributed by atoms with van der Waals surface area (Å²) < 4.78 is 12.2. The van der Waals surface area contributed by atoms with Gasteiger partial charge in [-0.3, -0.25) is 105 Å². The minimum Gasteiger partial charge on any atom is -0.463 e. The van der Waals surface area contributed by atoms with Crippen molar-refractivity contribution in [2.75, 3.05) is 88.6 Å². The Kier molecular flexibility index (Phi) is 48.8. The number of thioether (sulfide) groups is 2. The molecule has 0 aliphatic carbocycles. The summed E-state index contributed by atoms with van der Waals surface area (Å²) in [6.07, 6.45) is 4.45. The van der Waals surface area contributed by atoms with Crippen LogP contribution in [-0.4, -0.2) is 281 Å². The van der Waals surface area contributed by atoms with Gasteiger partial charge in [-0.1, -0.05) is 12.8 Å². The molecular weight excluding hydrogens is 1690 g/mol. The lowest BCUT2D eigenvalue weighted by atomic mass is 10.0. The summed E-state index contributed by atoms with van der Waals surface area (Å²) in [6.45, 7) is -0.0838. The number of aromatic amines is 1. The summed E-state index contributed by atoms with van der Waals surface area (Å²) >= 11 is 2.67. The zero-order chi connectivity index (χ0) is 93.0. The molecule has 55 heteroatoms. The Morgan fingerprint density at radius 2 is 0.825 bits per heavy atom. The van der Waals surface area contributed by atoms with Gasteiger partial charge in [0.15, 0.2) is 52.9 Å². The van der Waals surface area contributed by atoms with E-state index in [4.69, 9.17) is 98.9 Å². The smallest absolute Gasteiger partial charge is 0.315 e. The van der Waals surface area contributed by atoms with E-state index in [2.05, 4.69) is 111 Å². The molecule has 2 aromatic heterocycles. The number of amides is 12. The maximum absolute atomic E-state index is 15.0. The molecule has 0 saturated carbocycles. The highest BCUT2D eigenvalue weighted by atomic mass is 32.2. The average Bonchev–Trinajstić information content (AvgIpc) is 1.66. The highest BCUT2D eigenvalue weighted by Crippen LogP contribution is 2.33. The lowest BCUT2D eigenvalue weighted by Gasteiger charge is -2.28. The summed E-state index contributed by atoms with van der Waals surface area (Å²) in [5.74, 6) is -12.0. The molecule has 11 atom stereocenters. The lowest BCUT2D eigenvalue weighted by molar-refractivity contribution is -0.142. The van der Waals surface area contributed by atoms with Crippen molar-refractivity contribution in [1.29, 1.82) is 37.9 Å². The van der Waals surface area contributed by atoms with E-state index in [1.165, 1.54) is 10.9 Å². The van der Waals surface area contributed by atoms with Crippen LogP contribution >= 0.6 is 23.5 Å². The monoisotopic (exact) mass is 1820 g/mol. The fraction of sp³-hybridized carbons (Fsp3) is 0.662. The van der Waals surface area contributed by atoms with E-state index >= 15 is 0 Å². The standard InChI is InChI=1S/C71H128N38O15S2/c72-53(113)46(33-125-35-50(112)124-32-31-123-37-109-36-96-52-54(109)107-70(87)108-62(52)121)104-61(120)44(19-12-30-95-69(85)86)103-60(119)43(18-11-29-94-68(83)84)102-59(118)42(17-10-28-93-67(81)82)101-58(117)41(16-9-27-92-66(79)80)100-57(116)40(15-8-26-91-65(77)78)99-56(115)39(14-7-25-90-64(75)76)98-55(114)38(13-6-24-89-63(73)74)97-49(111)22-2-1-5-23-88-48(110)21-4-3-20-47-51-45(34-126-47)105-71(122)106-51/h36,38-47,51H,1-35,37H2,(H2,72,113)(H,88,110)(H,97,111)(H,98,114)(H,99,115)(H,100,116)(H,101,117)(H,102,118)(H,103,119)(H,104,120)(H4,73,74,89)(H4,75,76,90)(H4,77,78,91)(H4,79,80,92)(H4,81,82,93)(H4,83,84,94)(H4,85,86,95)(H2,105,106,122)(H3,87,107,108,121)/t38-,39-,40?,41?,42?,43-,44-,45-,46-,47+,51-/m0/s1. The Labute approximate surface area is 735 Å². The van der Waals surface area contributed by atoms with Crippen molar-refractivity contribution in [2.45, 2.75) is 214 Å². The average molecular weight is 1820 g/mol. The highest BCUT2D eigenvalue weighted by Gasteiger charge is 2.43. The molecule has 2 aliphatic heterocycles. The molecule has 0 spiro atoms. The van der Waals surface area contributed by atoms with Gasteiger partial charge in [0.05, 0.1) is 30.8 Å². The zero-order valence-electron chi connectivity index (χ0n) is 70.4. The number of nitrogens with zero attached hydrogens (tertiary/aromatic N) is 3. The third-order valence-electron chi connectivity index (χ3n) is 19.2. The molecule has 704 valence electrons. The number of hydrogen-bond donors (Lipinski definition) is 35. The molecule has 4 rings (SSSR count). The fourth-order valence-electron chi connectivity index (χ4n) is 12.9. The molecule has 3 unspecified atom stereocenters. The number of nitrogens with one attached hydrogen (secondary N) is 26. The van der Waals surface area contributed by atoms with Crippen LogP contribution in [-0.2, 0) is 68.9 Å². The summed E-state index contributed by atoms with van der Waals surface area (Å²) in [7, 11) is 0. The van der Waals surface area contributed by atoms with E-state index in [0.29, 0.717) is 38.6 Å². The topological polar surface area (TPSA) is 905 Å². The van der Waals surface area contributed by atoms with Gasteiger partial charge in [0.25, 0.3) is 5.56 Å². The molecule has 0 radical (unpaired) electrons. The van der Waals surface area contributed by atoms with Gasteiger partial charge in [0.2, 0.25) is 65.0 Å². The van der Waals surface area contributed by atoms with Crippen molar-refractivity contribution in [2.24, 2.45) is 45.9 Å². The molecule has 44 N–H and O–H groups in total. The van der Waals surface area contributed by atoms with Crippen LogP contribution in [0, 0.1) is 37.9 Å². The van der Waals surface area contributed by atoms with Crippen molar-refractivity contribution < 1.29 is 67.0 Å². The molecule has 2 aliphatic rings. The largest absolute Gasteiger partial charge is 0.463 e. The Hall–Kier alpha value is -12.9. The Morgan fingerprint density at radius 3 is 1.21 bits per heavy atom. The summed E-state index contributed by atoms with van der Waals surface area (Å²) in [4.78, 5) is 190. The number of primary amides is 1. The predicted octanol–water partition coefficient (Wildman–Crippen LogP) is -9.44. The van der Waals surface area contributed by atoms with E-state index in [-0.39, 0.29) is 226 Å². The normalized spacial score (nSPS) is 15.5. The molecule has 12 amide bonds. The van der Waals surface area contributed by atoms with Gasteiger partial charge in [0, 0.05) is 82.0 Å². The van der Waals surface area contributed by atoms with Crippen LogP contribution < -0.4 is 153 Å². The number of anilines is 1. The Balaban J connectivity index is 1.56. The number of urea groups is 1.